The summed E-state index contributed by atoms with van der Waals surface area (Å²) in [6, 6.07) is 13.9. The van der Waals surface area contributed by atoms with Gasteiger partial charge in [-0.3, -0.25) is 25.0 Å². The van der Waals surface area contributed by atoms with E-state index in [1.54, 1.807) is 13.1 Å². The lowest BCUT2D eigenvalue weighted by molar-refractivity contribution is -0.384. The van der Waals surface area contributed by atoms with Crippen LogP contribution in [0, 0.1) is 17.0 Å². The Balaban J connectivity index is 1.50. The largest absolute Gasteiger partial charge is 0.361 e. The Morgan fingerprint density at radius 2 is 1.93 bits per heavy atom. The van der Waals surface area contributed by atoms with Crippen LogP contribution in [0.25, 0.3) is 16.6 Å². The Labute approximate surface area is 165 Å². The van der Waals surface area contributed by atoms with Crippen LogP contribution in [0.2, 0.25) is 0 Å². The molecule has 29 heavy (non-hydrogen) atoms. The second kappa shape index (κ2) is 7.59. The molecule has 2 aromatic heterocycles. The van der Waals surface area contributed by atoms with Crippen LogP contribution in [0.5, 0.6) is 0 Å². The lowest BCUT2D eigenvalue weighted by atomic mass is 10.1. The number of rotatable bonds is 6. The molecule has 0 aliphatic rings. The van der Waals surface area contributed by atoms with E-state index in [0.29, 0.717) is 23.5 Å². The van der Waals surface area contributed by atoms with Crippen LogP contribution in [0.4, 0.5) is 5.69 Å². The molecule has 2 aromatic carbocycles. The fraction of sp³-hybridized carbons (Fsp3) is 0.143. The summed E-state index contributed by atoms with van der Waals surface area (Å²) < 4.78 is 1.36. The highest BCUT2D eigenvalue weighted by molar-refractivity contribution is 5.83. The molecule has 0 aliphatic heterocycles. The molecule has 0 saturated heterocycles. The van der Waals surface area contributed by atoms with E-state index in [1.807, 2.05) is 24.4 Å². The number of para-hydroxylation sites is 1. The van der Waals surface area contributed by atoms with Crippen molar-refractivity contribution in [2.24, 2.45) is 4.99 Å². The van der Waals surface area contributed by atoms with Gasteiger partial charge in [-0.2, -0.15) is 0 Å². The van der Waals surface area contributed by atoms with E-state index in [-0.39, 0.29) is 11.2 Å². The Morgan fingerprint density at radius 3 is 2.69 bits per heavy atom. The fourth-order valence-corrected chi connectivity index (χ4v) is 3.30. The van der Waals surface area contributed by atoms with E-state index in [2.05, 4.69) is 21.1 Å². The first-order valence-electron chi connectivity index (χ1n) is 9.16. The molecule has 0 atom stereocenters. The smallest absolute Gasteiger partial charge is 0.280 e. The van der Waals surface area contributed by atoms with Gasteiger partial charge in [0.1, 0.15) is 0 Å². The maximum atomic E-state index is 12.7. The fourth-order valence-electron chi connectivity index (χ4n) is 3.30. The van der Waals surface area contributed by atoms with Crippen molar-refractivity contribution >= 4 is 22.8 Å². The molecule has 0 unspecified atom stereocenters. The average molecular weight is 389 g/mol. The minimum absolute atomic E-state index is 0.0239. The maximum Gasteiger partial charge on any atom is 0.280 e. The molecule has 0 amide bonds. The molecule has 0 aliphatic carbocycles. The standard InChI is InChI=1S/C21H19N5O3/c1-14-19(13-22-11-10-15-12-23-20-5-3-2-4-18(15)20)21(27)25(24-14)16-6-8-17(9-7-16)26(28)29/h2-9,12-13,23-24H,10-11H2,1H3. The highest BCUT2D eigenvalue weighted by atomic mass is 16.6. The molecule has 8 heteroatoms. The first kappa shape index (κ1) is 18.4. The predicted octanol–water partition coefficient (Wildman–Crippen LogP) is 3.53. The van der Waals surface area contributed by atoms with Crippen molar-refractivity contribution in [3.8, 4) is 5.69 Å². The van der Waals surface area contributed by atoms with E-state index in [4.69, 9.17) is 0 Å². The molecular formula is C21H19N5O3. The molecule has 0 saturated carbocycles. The number of aromatic amines is 2. The summed E-state index contributed by atoms with van der Waals surface area (Å²) >= 11 is 0. The average Bonchev–Trinajstić information content (AvgIpc) is 3.26. The van der Waals surface area contributed by atoms with Crippen LogP contribution in [-0.2, 0) is 6.42 Å². The Hall–Kier alpha value is -3.94. The van der Waals surface area contributed by atoms with Crippen molar-refractivity contribution in [1.82, 2.24) is 14.8 Å². The summed E-state index contributed by atoms with van der Waals surface area (Å²) in [5.74, 6) is 0. The second-order valence-electron chi connectivity index (χ2n) is 6.71. The molecule has 0 fully saturated rings. The highest BCUT2D eigenvalue weighted by Crippen LogP contribution is 2.18. The highest BCUT2D eigenvalue weighted by Gasteiger charge is 2.12. The second-order valence-corrected chi connectivity index (χ2v) is 6.71. The number of hydrogen-bond donors (Lipinski definition) is 2. The molecule has 0 spiro atoms. The molecule has 2 N–H and O–H groups in total. The zero-order valence-electron chi connectivity index (χ0n) is 15.8. The molecule has 146 valence electrons. The van der Waals surface area contributed by atoms with Gasteiger partial charge in [0, 0.05) is 47.7 Å². The third-order valence-electron chi connectivity index (χ3n) is 4.84. The quantitative estimate of drug-likeness (QED) is 0.299. The molecule has 4 aromatic rings. The van der Waals surface area contributed by atoms with E-state index in [0.717, 1.165) is 11.9 Å². The number of nitrogens with one attached hydrogen (secondary N) is 2. The van der Waals surface area contributed by atoms with Crippen molar-refractivity contribution in [2.75, 3.05) is 6.54 Å². The van der Waals surface area contributed by atoms with Crippen molar-refractivity contribution in [3.05, 3.63) is 92.0 Å². The number of nitrogens with zero attached hydrogens (tertiary/aromatic N) is 3. The third-order valence-corrected chi connectivity index (χ3v) is 4.84. The Bertz CT molecular complexity index is 1260. The summed E-state index contributed by atoms with van der Waals surface area (Å²) in [5.41, 5.74) is 3.70. The number of aliphatic imine (C=N–C) groups is 1. The Morgan fingerprint density at radius 1 is 1.17 bits per heavy atom. The van der Waals surface area contributed by atoms with Crippen molar-refractivity contribution in [3.63, 3.8) is 0 Å². The maximum absolute atomic E-state index is 12.7. The number of aromatic nitrogens is 3. The van der Waals surface area contributed by atoms with E-state index in [1.165, 1.54) is 39.9 Å². The van der Waals surface area contributed by atoms with Gasteiger partial charge in [0.15, 0.2) is 0 Å². The van der Waals surface area contributed by atoms with Gasteiger partial charge in [-0.1, -0.05) is 18.2 Å². The first-order chi connectivity index (χ1) is 14.0. The minimum Gasteiger partial charge on any atom is -0.361 e. The van der Waals surface area contributed by atoms with Crippen LogP contribution >= 0.6 is 0 Å². The van der Waals surface area contributed by atoms with Gasteiger partial charge in [0.05, 0.1) is 16.2 Å². The van der Waals surface area contributed by atoms with Gasteiger partial charge in [-0.15, -0.1) is 0 Å². The van der Waals surface area contributed by atoms with Crippen molar-refractivity contribution in [1.29, 1.82) is 0 Å². The number of H-pyrrole nitrogens is 2. The number of hydrogen-bond acceptors (Lipinski definition) is 4. The lowest BCUT2D eigenvalue weighted by Gasteiger charge is -2.00. The number of aryl methyl sites for hydroxylation is 1. The van der Waals surface area contributed by atoms with Gasteiger partial charge in [-0.25, -0.2) is 4.68 Å². The first-order valence-corrected chi connectivity index (χ1v) is 9.16. The summed E-state index contributed by atoms with van der Waals surface area (Å²) in [7, 11) is 0. The minimum atomic E-state index is -0.474. The van der Waals surface area contributed by atoms with Crippen LogP contribution < -0.4 is 5.56 Å². The summed E-state index contributed by atoms with van der Waals surface area (Å²) in [6.45, 7) is 2.35. The third kappa shape index (κ3) is 3.60. The van der Waals surface area contributed by atoms with Crippen LogP contribution in [0.1, 0.15) is 16.8 Å². The summed E-state index contributed by atoms with van der Waals surface area (Å²) in [4.78, 5) is 30.7. The molecule has 8 nitrogen and oxygen atoms in total. The lowest BCUT2D eigenvalue weighted by Crippen LogP contribution is -2.17. The van der Waals surface area contributed by atoms with E-state index in [9.17, 15) is 14.9 Å². The van der Waals surface area contributed by atoms with E-state index < -0.39 is 4.92 Å². The molecule has 0 radical (unpaired) electrons. The topological polar surface area (TPSA) is 109 Å². The zero-order chi connectivity index (χ0) is 20.4. The van der Waals surface area contributed by atoms with Gasteiger partial charge in [0.25, 0.3) is 11.2 Å². The SMILES string of the molecule is Cc1[nH]n(-c2ccc([N+](=O)[O-])cc2)c(=O)c1C=NCCc1c[nH]c2ccccc12. The van der Waals surface area contributed by atoms with Gasteiger partial charge in [-0.05, 0) is 37.1 Å². The number of fused-ring (bicyclic) bond motifs is 1. The van der Waals surface area contributed by atoms with Gasteiger partial charge < -0.3 is 4.98 Å². The monoisotopic (exact) mass is 389 g/mol. The van der Waals surface area contributed by atoms with E-state index >= 15 is 0 Å². The molecule has 2 heterocycles. The number of non-ortho nitro benzene ring substituents is 1. The molecule has 4 rings (SSSR count). The van der Waals surface area contributed by atoms with Gasteiger partial charge >= 0.3 is 0 Å². The normalized spacial score (nSPS) is 11.5. The number of nitro groups is 1. The predicted molar refractivity (Wildman–Crippen MR) is 112 cm³/mol. The summed E-state index contributed by atoms with van der Waals surface area (Å²) in [5, 5.41) is 15.0. The number of nitro benzene ring substituents is 1. The van der Waals surface area contributed by atoms with Crippen LogP contribution in [0.15, 0.2) is 64.5 Å². The Kier molecular flexibility index (Phi) is 4.82. The summed E-state index contributed by atoms with van der Waals surface area (Å²) in [6.07, 6.45) is 4.34. The van der Waals surface area contributed by atoms with Crippen LogP contribution in [-0.4, -0.2) is 32.4 Å². The molecule has 0 bridgehead atoms. The van der Waals surface area contributed by atoms with Crippen molar-refractivity contribution < 1.29 is 4.92 Å². The van der Waals surface area contributed by atoms with Crippen LogP contribution in [0.3, 0.4) is 0 Å². The number of benzene rings is 2. The zero-order valence-corrected chi connectivity index (χ0v) is 15.8. The van der Waals surface area contributed by atoms with Crippen molar-refractivity contribution in [2.45, 2.75) is 13.3 Å². The van der Waals surface area contributed by atoms with Gasteiger partial charge in [0.2, 0.25) is 0 Å². The molecular weight excluding hydrogens is 370 g/mol.